The van der Waals surface area contributed by atoms with Gasteiger partial charge in [-0.15, -0.1) is 0 Å². The molecule has 1 amide bonds. The molecule has 1 aromatic rings. The van der Waals surface area contributed by atoms with Crippen LogP contribution in [-0.4, -0.2) is 33.8 Å². The smallest absolute Gasteiger partial charge is 0.302 e. The standard InChI is InChI=1S/C26H39N3O3/c1-16(30)32-19-10-11-21-20(14-19)22(28-29(21)18-8-6-5-7-9-18)23(31)27-24-25(2,3)17-12-13-26(24,4)15-17/h17-19,24H,5-15H2,1-4H3,(H,27,31). The van der Waals surface area contributed by atoms with Gasteiger partial charge in [-0.1, -0.05) is 40.0 Å². The van der Waals surface area contributed by atoms with Crippen LogP contribution >= 0.6 is 0 Å². The molecule has 3 saturated carbocycles. The Morgan fingerprint density at radius 3 is 2.50 bits per heavy atom. The first-order chi connectivity index (χ1) is 15.2. The van der Waals surface area contributed by atoms with Crippen LogP contribution in [0.1, 0.15) is 113 Å². The minimum absolute atomic E-state index is 0.0360. The van der Waals surface area contributed by atoms with Crippen LogP contribution in [0.3, 0.4) is 0 Å². The third-order valence-electron chi connectivity index (χ3n) is 9.27. The van der Waals surface area contributed by atoms with Crippen LogP contribution in [0.4, 0.5) is 0 Å². The minimum Gasteiger partial charge on any atom is -0.462 e. The van der Waals surface area contributed by atoms with Crippen molar-refractivity contribution in [3.8, 4) is 0 Å². The van der Waals surface area contributed by atoms with E-state index in [4.69, 9.17) is 9.84 Å². The van der Waals surface area contributed by atoms with E-state index in [-0.39, 0.29) is 34.9 Å². The maximum absolute atomic E-state index is 13.7. The zero-order valence-corrected chi connectivity index (χ0v) is 20.2. The molecule has 32 heavy (non-hydrogen) atoms. The third kappa shape index (κ3) is 3.58. The number of rotatable bonds is 4. The lowest BCUT2D eigenvalue weighted by Crippen LogP contribution is -2.52. The van der Waals surface area contributed by atoms with Crippen LogP contribution in [0.2, 0.25) is 0 Å². The van der Waals surface area contributed by atoms with Crippen LogP contribution in [0.25, 0.3) is 0 Å². The summed E-state index contributed by atoms with van der Waals surface area (Å²) in [6.07, 6.45) is 11.7. The molecule has 6 heteroatoms. The molecule has 1 N–H and O–H groups in total. The topological polar surface area (TPSA) is 73.2 Å². The Hall–Kier alpha value is -1.85. The van der Waals surface area contributed by atoms with Crippen molar-refractivity contribution < 1.29 is 14.3 Å². The number of fused-ring (bicyclic) bond motifs is 3. The molecule has 0 spiro atoms. The van der Waals surface area contributed by atoms with Crippen molar-refractivity contribution in [2.45, 2.75) is 117 Å². The summed E-state index contributed by atoms with van der Waals surface area (Å²) in [4.78, 5) is 25.3. The lowest BCUT2D eigenvalue weighted by atomic mass is 9.68. The van der Waals surface area contributed by atoms with Gasteiger partial charge in [-0.3, -0.25) is 14.3 Å². The van der Waals surface area contributed by atoms with E-state index in [1.54, 1.807) is 0 Å². The summed E-state index contributed by atoms with van der Waals surface area (Å²) >= 11 is 0. The summed E-state index contributed by atoms with van der Waals surface area (Å²) in [5.74, 6) is 0.395. The van der Waals surface area contributed by atoms with Crippen LogP contribution < -0.4 is 5.32 Å². The average molecular weight is 442 g/mol. The Balaban J connectivity index is 1.45. The summed E-state index contributed by atoms with van der Waals surface area (Å²) in [5.41, 5.74) is 3.07. The van der Waals surface area contributed by atoms with Crippen molar-refractivity contribution in [2.75, 3.05) is 0 Å². The number of aromatic nitrogens is 2. The molecule has 4 unspecified atom stereocenters. The lowest BCUT2D eigenvalue weighted by Gasteiger charge is -2.43. The number of amides is 1. The normalized spacial score (nSPS) is 33.7. The SMILES string of the molecule is CC(=O)OC1CCc2c(c(C(=O)NC3C4(C)CCC(C4)C3(C)C)nn2C2CCCCC2)C1. The highest BCUT2D eigenvalue weighted by Crippen LogP contribution is 2.62. The number of ether oxygens (including phenoxy) is 1. The van der Waals surface area contributed by atoms with Gasteiger partial charge in [0.15, 0.2) is 5.69 Å². The predicted octanol–water partition coefficient (Wildman–Crippen LogP) is 4.75. The van der Waals surface area contributed by atoms with Crippen molar-refractivity contribution in [1.82, 2.24) is 15.1 Å². The van der Waals surface area contributed by atoms with E-state index in [1.807, 2.05) is 0 Å². The highest BCUT2D eigenvalue weighted by molar-refractivity contribution is 5.94. The summed E-state index contributed by atoms with van der Waals surface area (Å²) in [6.45, 7) is 8.45. The number of hydrogen-bond acceptors (Lipinski definition) is 4. The summed E-state index contributed by atoms with van der Waals surface area (Å²) < 4.78 is 7.73. The van der Waals surface area contributed by atoms with Crippen molar-refractivity contribution in [3.05, 3.63) is 17.0 Å². The van der Waals surface area contributed by atoms with Gasteiger partial charge in [0.25, 0.3) is 5.91 Å². The average Bonchev–Trinajstić information content (AvgIpc) is 3.38. The van der Waals surface area contributed by atoms with Gasteiger partial charge in [0.05, 0.1) is 6.04 Å². The Morgan fingerprint density at radius 2 is 1.84 bits per heavy atom. The third-order valence-corrected chi connectivity index (χ3v) is 9.27. The Kier molecular flexibility index (Phi) is 5.41. The largest absolute Gasteiger partial charge is 0.462 e. The monoisotopic (exact) mass is 441 g/mol. The van der Waals surface area contributed by atoms with Gasteiger partial charge in [-0.2, -0.15) is 5.10 Å². The number of hydrogen-bond donors (Lipinski definition) is 1. The second kappa shape index (κ2) is 7.88. The van der Waals surface area contributed by atoms with E-state index >= 15 is 0 Å². The Bertz CT molecular complexity index is 909. The molecule has 3 fully saturated rings. The second-order valence-corrected chi connectivity index (χ2v) is 11.8. The molecule has 0 aromatic carbocycles. The number of nitrogens with one attached hydrogen (secondary N) is 1. The molecule has 0 radical (unpaired) electrons. The van der Waals surface area contributed by atoms with Crippen molar-refractivity contribution in [2.24, 2.45) is 16.7 Å². The van der Waals surface area contributed by atoms with Gasteiger partial charge < -0.3 is 10.1 Å². The number of carbonyl (C=O) groups is 2. The quantitative estimate of drug-likeness (QED) is 0.684. The van der Waals surface area contributed by atoms with Gasteiger partial charge in [-0.25, -0.2) is 0 Å². The fourth-order valence-electron chi connectivity index (χ4n) is 7.62. The van der Waals surface area contributed by atoms with Crippen LogP contribution in [-0.2, 0) is 22.4 Å². The molecule has 176 valence electrons. The minimum atomic E-state index is -0.249. The molecule has 1 aromatic heterocycles. The highest BCUT2D eigenvalue weighted by Gasteiger charge is 2.59. The van der Waals surface area contributed by atoms with E-state index in [2.05, 4.69) is 30.8 Å². The second-order valence-electron chi connectivity index (χ2n) is 11.8. The first-order valence-electron chi connectivity index (χ1n) is 12.8. The van der Waals surface area contributed by atoms with E-state index < -0.39 is 0 Å². The molecule has 4 atom stereocenters. The van der Waals surface area contributed by atoms with Crippen molar-refractivity contribution in [3.63, 3.8) is 0 Å². The van der Waals surface area contributed by atoms with E-state index in [1.165, 1.54) is 51.1 Å². The van der Waals surface area contributed by atoms with Crippen LogP contribution in [0.5, 0.6) is 0 Å². The van der Waals surface area contributed by atoms with Crippen LogP contribution in [0, 0.1) is 16.7 Å². The zero-order chi connectivity index (χ0) is 22.7. The van der Waals surface area contributed by atoms with Crippen molar-refractivity contribution in [1.29, 1.82) is 0 Å². The summed E-state index contributed by atoms with van der Waals surface area (Å²) in [5, 5.41) is 8.42. The molecular weight excluding hydrogens is 402 g/mol. The number of esters is 1. The lowest BCUT2D eigenvalue weighted by molar-refractivity contribution is -0.146. The maximum Gasteiger partial charge on any atom is 0.302 e. The molecular formula is C26H39N3O3. The molecule has 4 aliphatic rings. The van der Waals surface area contributed by atoms with Crippen LogP contribution in [0.15, 0.2) is 0 Å². The van der Waals surface area contributed by atoms with E-state index in [0.717, 1.165) is 31.2 Å². The number of nitrogens with zero attached hydrogens (tertiary/aromatic N) is 2. The number of carbonyl (C=O) groups excluding carboxylic acids is 2. The fourth-order valence-corrected chi connectivity index (χ4v) is 7.62. The van der Waals surface area contributed by atoms with Gasteiger partial charge in [0.2, 0.25) is 0 Å². The first kappa shape index (κ1) is 22.0. The van der Waals surface area contributed by atoms with E-state index in [9.17, 15) is 9.59 Å². The Labute approximate surface area is 191 Å². The molecule has 6 nitrogen and oxygen atoms in total. The molecule has 0 aliphatic heterocycles. The molecule has 0 saturated heterocycles. The van der Waals surface area contributed by atoms with Gasteiger partial charge >= 0.3 is 5.97 Å². The first-order valence-corrected chi connectivity index (χ1v) is 12.8. The molecule has 2 bridgehead atoms. The van der Waals surface area contributed by atoms with Gasteiger partial charge in [0.1, 0.15) is 6.10 Å². The fraction of sp³-hybridized carbons (Fsp3) is 0.808. The van der Waals surface area contributed by atoms with Gasteiger partial charge in [0, 0.05) is 30.6 Å². The predicted molar refractivity (Wildman–Crippen MR) is 122 cm³/mol. The van der Waals surface area contributed by atoms with E-state index in [0.29, 0.717) is 24.1 Å². The Morgan fingerprint density at radius 1 is 1.09 bits per heavy atom. The zero-order valence-electron chi connectivity index (χ0n) is 20.2. The summed E-state index contributed by atoms with van der Waals surface area (Å²) in [7, 11) is 0. The van der Waals surface area contributed by atoms with Crippen molar-refractivity contribution >= 4 is 11.9 Å². The highest BCUT2D eigenvalue weighted by atomic mass is 16.5. The van der Waals surface area contributed by atoms with Gasteiger partial charge in [-0.05, 0) is 61.7 Å². The molecule has 4 aliphatic carbocycles. The molecule has 1 heterocycles. The molecule has 5 rings (SSSR count). The summed E-state index contributed by atoms with van der Waals surface area (Å²) in [6, 6.07) is 0.561. The maximum atomic E-state index is 13.7.